The molecule has 0 radical (unpaired) electrons. The number of amides is 2. The lowest BCUT2D eigenvalue weighted by Crippen LogP contribution is -2.42. The van der Waals surface area contributed by atoms with E-state index in [1.807, 2.05) is 48.5 Å². The number of aliphatic carboxylic acids is 2. The van der Waals surface area contributed by atoms with Gasteiger partial charge in [-0.15, -0.1) is 0 Å². The summed E-state index contributed by atoms with van der Waals surface area (Å²) in [6.45, 7) is 17.5. The van der Waals surface area contributed by atoms with Gasteiger partial charge in [-0.05, 0) is 81.4 Å². The van der Waals surface area contributed by atoms with Gasteiger partial charge in [-0.25, -0.2) is 34.3 Å². The standard InChI is InChI=1S/C14H22N4O4.C12H18ClN3O2.C2H5NO2/c1-9(2)18(13(21)22-14(3,4)5)12-15-7-6-10(17-12)16-8-11(19)20;1-8(2)16(11(17)18-12(3,4)5)10-14-7-6-9(13)15-10;3-1-2(4)5/h6-7,9H,8H2,1-5H3,(H,19,20)(H,15,16,17);6-8H,1-5H3;1,3H2,(H,4,5). The molecule has 0 aliphatic heterocycles. The second-order valence-electron chi connectivity index (χ2n) is 11.7. The molecule has 2 rings (SSSR count). The zero-order valence-corrected chi connectivity index (χ0v) is 28.1. The van der Waals surface area contributed by atoms with E-state index >= 15 is 0 Å². The van der Waals surface area contributed by atoms with E-state index < -0.39 is 35.3 Å². The quantitative estimate of drug-likeness (QED) is 0.288. The number of ether oxygens (including phenoxy) is 2. The van der Waals surface area contributed by atoms with Crippen LogP contribution in [0.3, 0.4) is 0 Å². The van der Waals surface area contributed by atoms with Crippen LogP contribution >= 0.6 is 11.6 Å². The van der Waals surface area contributed by atoms with Gasteiger partial charge in [0.05, 0.1) is 6.54 Å². The predicted molar refractivity (Wildman–Crippen MR) is 170 cm³/mol. The van der Waals surface area contributed by atoms with Gasteiger partial charge in [0.25, 0.3) is 0 Å². The van der Waals surface area contributed by atoms with Crippen LogP contribution in [0.4, 0.5) is 27.3 Å². The van der Waals surface area contributed by atoms with E-state index in [4.69, 9.17) is 31.3 Å². The molecular weight excluding hydrogens is 612 g/mol. The molecule has 2 aromatic rings. The number of hydrogen-bond acceptors (Lipinski definition) is 12. The number of halogens is 1. The van der Waals surface area contributed by atoms with Crippen LogP contribution in [0.2, 0.25) is 5.15 Å². The summed E-state index contributed by atoms with van der Waals surface area (Å²) in [7, 11) is 0. The Kier molecular flexibility index (Phi) is 16.7. The Bertz CT molecular complexity index is 1270. The summed E-state index contributed by atoms with van der Waals surface area (Å²) in [5, 5.41) is 19.2. The Morgan fingerprint density at radius 3 is 1.56 bits per heavy atom. The Hall–Kier alpha value is -4.31. The minimum Gasteiger partial charge on any atom is -0.480 e. The Labute approximate surface area is 268 Å². The molecule has 0 saturated carbocycles. The number of nitrogens with zero attached hydrogens (tertiary/aromatic N) is 6. The fourth-order valence-corrected chi connectivity index (χ4v) is 2.97. The van der Waals surface area contributed by atoms with Crippen molar-refractivity contribution in [2.24, 2.45) is 5.73 Å². The van der Waals surface area contributed by atoms with E-state index in [2.05, 4.69) is 31.0 Å². The van der Waals surface area contributed by atoms with Crippen LogP contribution < -0.4 is 20.9 Å². The molecule has 0 atom stereocenters. The highest BCUT2D eigenvalue weighted by Crippen LogP contribution is 2.19. The molecule has 2 aromatic heterocycles. The molecule has 16 nitrogen and oxygen atoms in total. The summed E-state index contributed by atoms with van der Waals surface area (Å²) < 4.78 is 10.7. The van der Waals surface area contributed by atoms with Crippen molar-refractivity contribution >= 4 is 53.4 Å². The number of hydrogen-bond donors (Lipinski definition) is 4. The highest BCUT2D eigenvalue weighted by atomic mass is 35.5. The lowest BCUT2D eigenvalue weighted by atomic mass is 10.2. The molecule has 2 amide bonds. The van der Waals surface area contributed by atoms with Crippen LogP contribution in [0.1, 0.15) is 69.2 Å². The van der Waals surface area contributed by atoms with Crippen molar-refractivity contribution in [3.05, 3.63) is 29.7 Å². The molecule has 17 heteroatoms. The number of aromatic nitrogens is 4. The Morgan fingerprint density at radius 2 is 1.22 bits per heavy atom. The lowest BCUT2D eigenvalue weighted by Gasteiger charge is -2.28. The third-order valence-corrected chi connectivity index (χ3v) is 4.70. The number of nitrogens with two attached hydrogens (primary N) is 1. The average molecular weight is 657 g/mol. The topological polar surface area (TPSA) is 223 Å². The zero-order chi connectivity index (χ0) is 35.1. The Balaban J connectivity index is 0.000000758. The average Bonchev–Trinajstić information content (AvgIpc) is 2.86. The zero-order valence-electron chi connectivity index (χ0n) is 27.4. The fourth-order valence-electron chi connectivity index (χ4n) is 2.84. The number of carbonyl (C=O) groups excluding carboxylic acids is 2. The molecule has 0 fully saturated rings. The minimum absolute atomic E-state index is 0.127. The van der Waals surface area contributed by atoms with E-state index in [1.165, 1.54) is 28.3 Å². The fraction of sp³-hybridized carbons (Fsp3) is 0.571. The molecular formula is C28H45ClN8O8. The monoisotopic (exact) mass is 656 g/mol. The van der Waals surface area contributed by atoms with E-state index in [0.29, 0.717) is 5.82 Å². The molecule has 2 heterocycles. The summed E-state index contributed by atoms with van der Waals surface area (Å²) in [5.41, 5.74) is 3.37. The second-order valence-corrected chi connectivity index (χ2v) is 12.0. The molecule has 0 aliphatic rings. The van der Waals surface area contributed by atoms with Crippen molar-refractivity contribution in [1.29, 1.82) is 0 Å². The maximum atomic E-state index is 12.3. The van der Waals surface area contributed by atoms with Gasteiger partial charge in [0.2, 0.25) is 11.9 Å². The molecule has 0 unspecified atom stereocenters. The van der Waals surface area contributed by atoms with Gasteiger partial charge in [0.15, 0.2) is 0 Å². The molecule has 0 spiro atoms. The Morgan fingerprint density at radius 1 is 0.822 bits per heavy atom. The molecule has 0 aliphatic carbocycles. The van der Waals surface area contributed by atoms with Crippen LogP contribution in [-0.2, 0) is 19.1 Å². The van der Waals surface area contributed by atoms with E-state index in [1.54, 1.807) is 26.8 Å². The maximum Gasteiger partial charge on any atom is 0.417 e. The number of anilines is 3. The molecule has 0 bridgehead atoms. The third kappa shape index (κ3) is 17.5. The first kappa shape index (κ1) is 40.7. The van der Waals surface area contributed by atoms with Crippen LogP contribution in [0, 0.1) is 0 Å². The first-order chi connectivity index (χ1) is 20.6. The largest absolute Gasteiger partial charge is 0.480 e. The van der Waals surface area contributed by atoms with Crippen molar-refractivity contribution in [2.75, 3.05) is 28.2 Å². The normalized spacial score (nSPS) is 10.9. The van der Waals surface area contributed by atoms with Gasteiger partial charge in [-0.3, -0.25) is 9.59 Å². The smallest absolute Gasteiger partial charge is 0.417 e. The van der Waals surface area contributed by atoms with Gasteiger partial charge in [0, 0.05) is 24.5 Å². The SMILES string of the molecule is CC(C)N(C(=O)OC(C)(C)C)c1nccc(Cl)n1.CC(C)N(C(=O)OC(C)(C)C)c1nccc(NCC(=O)O)n1.NCC(=O)O. The van der Waals surface area contributed by atoms with E-state index in [-0.39, 0.29) is 42.2 Å². The van der Waals surface area contributed by atoms with E-state index in [0.717, 1.165) is 0 Å². The molecule has 252 valence electrons. The lowest BCUT2D eigenvalue weighted by molar-refractivity contribution is -0.136. The maximum absolute atomic E-state index is 12.3. The predicted octanol–water partition coefficient (Wildman–Crippen LogP) is 4.43. The summed E-state index contributed by atoms with van der Waals surface area (Å²) in [6, 6.07) is 2.74. The van der Waals surface area contributed by atoms with Gasteiger partial charge in [0.1, 0.15) is 28.7 Å². The highest BCUT2D eigenvalue weighted by molar-refractivity contribution is 6.29. The summed E-state index contributed by atoms with van der Waals surface area (Å²) in [4.78, 5) is 63.2. The van der Waals surface area contributed by atoms with Gasteiger partial charge >= 0.3 is 24.1 Å². The number of carboxylic acids is 2. The molecule has 5 N–H and O–H groups in total. The third-order valence-electron chi connectivity index (χ3n) is 4.49. The summed E-state index contributed by atoms with van der Waals surface area (Å²) >= 11 is 5.80. The molecule has 0 saturated heterocycles. The number of nitrogens with one attached hydrogen (secondary N) is 1. The van der Waals surface area contributed by atoms with Crippen molar-refractivity contribution in [2.45, 2.75) is 92.5 Å². The summed E-state index contributed by atoms with van der Waals surface area (Å²) in [5.74, 6) is -1.26. The highest BCUT2D eigenvalue weighted by Gasteiger charge is 2.28. The van der Waals surface area contributed by atoms with Crippen LogP contribution in [0.25, 0.3) is 0 Å². The van der Waals surface area contributed by atoms with Gasteiger partial charge in [-0.1, -0.05) is 11.6 Å². The first-order valence-corrected chi connectivity index (χ1v) is 14.2. The van der Waals surface area contributed by atoms with E-state index in [9.17, 15) is 19.2 Å². The first-order valence-electron chi connectivity index (χ1n) is 13.8. The number of carboxylic acid groups (broad SMARTS) is 2. The van der Waals surface area contributed by atoms with Crippen molar-refractivity contribution < 1.29 is 38.9 Å². The van der Waals surface area contributed by atoms with Gasteiger partial charge in [-0.2, -0.15) is 4.98 Å². The summed E-state index contributed by atoms with van der Waals surface area (Å²) in [6.07, 6.45) is 1.91. The van der Waals surface area contributed by atoms with Crippen LogP contribution in [0.5, 0.6) is 0 Å². The van der Waals surface area contributed by atoms with Crippen LogP contribution in [-0.4, -0.2) is 90.6 Å². The van der Waals surface area contributed by atoms with Crippen molar-refractivity contribution in [1.82, 2.24) is 19.9 Å². The number of carbonyl (C=O) groups is 4. The van der Waals surface area contributed by atoms with Crippen LogP contribution in [0.15, 0.2) is 24.5 Å². The molecule has 0 aromatic carbocycles. The van der Waals surface area contributed by atoms with Crippen molar-refractivity contribution in [3.63, 3.8) is 0 Å². The minimum atomic E-state index is -1.01. The number of rotatable bonds is 8. The van der Waals surface area contributed by atoms with Gasteiger partial charge < -0.3 is 30.7 Å². The van der Waals surface area contributed by atoms with Crippen molar-refractivity contribution in [3.8, 4) is 0 Å². The molecule has 45 heavy (non-hydrogen) atoms. The second kappa shape index (κ2) is 18.5.